The Morgan fingerprint density at radius 1 is 1.14 bits per heavy atom. The summed E-state index contributed by atoms with van der Waals surface area (Å²) in [5, 5.41) is 13.5. The van der Waals surface area contributed by atoms with Crippen LogP contribution in [-0.2, 0) is 14.8 Å². The summed E-state index contributed by atoms with van der Waals surface area (Å²) in [6, 6.07) is 8.52. The van der Waals surface area contributed by atoms with Crippen molar-refractivity contribution in [3.63, 3.8) is 0 Å². The van der Waals surface area contributed by atoms with Crippen molar-refractivity contribution in [3.05, 3.63) is 69.6 Å². The molecule has 0 aliphatic carbocycles. The summed E-state index contributed by atoms with van der Waals surface area (Å²) in [6.07, 6.45) is -3.19. The third-order valence-corrected chi connectivity index (χ3v) is 9.49. The van der Waals surface area contributed by atoms with Crippen LogP contribution >= 0.6 is 0 Å². The van der Waals surface area contributed by atoms with Crippen molar-refractivity contribution < 1.29 is 41.0 Å². The Balaban J connectivity index is 1.26. The molecule has 5 rings (SSSR count). The van der Waals surface area contributed by atoms with Gasteiger partial charge in [-0.05, 0) is 80.1 Å². The number of aliphatic hydroxyl groups is 1. The fraction of sp³-hybridized carbons (Fsp3) is 0.414. The lowest BCUT2D eigenvalue weighted by Gasteiger charge is -2.34. The Morgan fingerprint density at radius 2 is 1.81 bits per heavy atom. The Bertz CT molecular complexity index is 1590. The quantitative estimate of drug-likeness (QED) is 0.511. The van der Waals surface area contributed by atoms with E-state index in [0.717, 1.165) is 28.7 Å². The Labute approximate surface area is 246 Å². The second-order valence-electron chi connectivity index (χ2n) is 11.0. The predicted molar refractivity (Wildman–Crippen MR) is 152 cm³/mol. The van der Waals surface area contributed by atoms with Gasteiger partial charge in [0.15, 0.2) is 0 Å². The molecule has 1 atom stereocenters. The molecule has 0 aromatic heterocycles. The molecule has 2 saturated heterocycles. The van der Waals surface area contributed by atoms with Crippen LogP contribution < -0.4 is 10.1 Å². The first-order chi connectivity index (χ1) is 20.2. The summed E-state index contributed by atoms with van der Waals surface area (Å²) in [5.41, 5.74) is 1.59. The van der Waals surface area contributed by atoms with Crippen molar-refractivity contribution in [2.45, 2.75) is 51.1 Å². The summed E-state index contributed by atoms with van der Waals surface area (Å²) in [6.45, 7) is 4.37. The number of nitrogens with zero attached hydrogens (tertiary/aromatic N) is 3. The predicted octanol–water partition coefficient (Wildman–Crippen LogP) is 3.12. The van der Waals surface area contributed by atoms with Gasteiger partial charge in [-0.1, -0.05) is 12.1 Å². The van der Waals surface area contributed by atoms with Crippen molar-refractivity contribution >= 4 is 33.7 Å². The smallest absolute Gasteiger partial charge is 0.406 e. The number of aliphatic imine (C=N–C) groups is 1. The molecule has 2 aromatic rings. The first kappa shape index (κ1) is 30.7. The maximum absolute atomic E-state index is 13.2. The van der Waals surface area contributed by atoms with E-state index in [-0.39, 0.29) is 49.8 Å². The zero-order valence-electron chi connectivity index (χ0n) is 23.5. The minimum atomic E-state index is -4.87. The van der Waals surface area contributed by atoms with Gasteiger partial charge in [0, 0.05) is 42.7 Å². The number of carbonyl (C=O) groups excluding carboxylic acids is 2. The van der Waals surface area contributed by atoms with Crippen molar-refractivity contribution in [1.82, 2.24) is 14.5 Å². The number of rotatable bonds is 6. The number of alkyl halides is 3. The number of carbonyl (C=O) groups is 2. The van der Waals surface area contributed by atoms with Crippen LogP contribution in [0.5, 0.6) is 5.75 Å². The van der Waals surface area contributed by atoms with Gasteiger partial charge < -0.3 is 20.1 Å². The zero-order chi connectivity index (χ0) is 31.2. The second-order valence-corrected chi connectivity index (χ2v) is 12.8. The highest BCUT2D eigenvalue weighted by Crippen LogP contribution is 2.33. The number of piperidine rings is 1. The van der Waals surface area contributed by atoms with Crippen molar-refractivity contribution in [1.29, 1.82) is 0 Å². The van der Waals surface area contributed by atoms with E-state index in [1.165, 1.54) is 22.5 Å². The first-order valence-corrected chi connectivity index (χ1v) is 15.2. The molecule has 14 heteroatoms. The highest BCUT2D eigenvalue weighted by Gasteiger charge is 2.47. The molecule has 2 fully saturated rings. The molecule has 3 heterocycles. The van der Waals surface area contributed by atoms with E-state index in [1.54, 1.807) is 30.9 Å². The van der Waals surface area contributed by atoms with Gasteiger partial charge in [0.25, 0.3) is 11.8 Å². The Kier molecular flexibility index (Phi) is 8.13. The standard InChI is InChI=1S/C29H31F3N4O6S/c1-18-14-21(26(38)35-10-6-22(37)17-35)15-19(2)24(18)7-13-43(40,41)36-11-8-28(9-12-36)27(39)33-25(34-28)20-4-3-5-23(16-20)42-29(30,31)32/h3-5,7,13-16,22,37H,6,8-12,17H2,1-2H3,(H,33,34,39)/b13-7+/t22-/m1/s1. The van der Waals surface area contributed by atoms with Crippen LogP contribution in [0.25, 0.3) is 6.08 Å². The van der Waals surface area contributed by atoms with Crippen molar-refractivity contribution in [2.24, 2.45) is 4.99 Å². The van der Waals surface area contributed by atoms with Gasteiger partial charge in [0.1, 0.15) is 17.1 Å². The molecule has 3 aliphatic heterocycles. The number of amides is 2. The SMILES string of the molecule is Cc1cc(C(=O)N2CC[C@@H](O)C2)cc(C)c1/C=C/S(=O)(=O)N1CCC2(CC1)N=C(c1cccc(OC(F)(F)F)c1)NC2=O. The first-order valence-electron chi connectivity index (χ1n) is 13.7. The van der Waals surface area contributed by atoms with Crippen LogP contribution in [0.4, 0.5) is 13.2 Å². The molecular formula is C29H31F3N4O6S. The number of hydrogen-bond acceptors (Lipinski definition) is 7. The van der Waals surface area contributed by atoms with Crippen LogP contribution in [0.3, 0.4) is 0 Å². The minimum absolute atomic E-state index is 0.0151. The number of benzene rings is 2. The molecule has 2 aromatic carbocycles. The zero-order valence-corrected chi connectivity index (χ0v) is 24.3. The molecule has 2 amide bonds. The summed E-state index contributed by atoms with van der Waals surface area (Å²) in [7, 11) is -3.87. The average molecular weight is 621 g/mol. The lowest BCUT2D eigenvalue weighted by Crippen LogP contribution is -2.50. The highest BCUT2D eigenvalue weighted by molar-refractivity contribution is 7.92. The van der Waals surface area contributed by atoms with Gasteiger partial charge in [-0.2, -0.15) is 4.31 Å². The number of ether oxygens (including phenoxy) is 1. The topological polar surface area (TPSA) is 129 Å². The summed E-state index contributed by atoms with van der Waals surface area (Å²) in [4.78, 5) is 31.8. The van der Waals surface area contributed by atoms with E-state index in [0.29, 0.717) is 24.1 Å². The van der Waals surface area contributed by atoms with Crippen LogP contribution in [0, 0.1) is 13.8 Å². The number of aliphatic hydroxyl groups excluding tert-OH is 1. The van der Waals surface area contributed by atoms with E-state index in [9.17, 15) is 36.3 Å². The molecule has 1 spiro atoms. The monoisotopic (exact) mass is 620 g/mol. The lowest BCUT2D eigenvalue weighted by molar-refractivity contribution is -0.274. The number of likely N-dealkylation sites (tertiary alicyclic amines) is 1. The van der Waals surface area contributed by atoms with Gasteiger partial charge in [-0.25, -0.2) is 8.42 Å². The highest BCUT2D eigenvalue weighted by atomic mass is 32.2. The number of aryl methyl sites for hydroxylation is 2. The molecule has 2 N–H and O–H groups in total. The van der Waals surface area contributed by atoms with Crippen LogP contribution in [0.2, 0.25) is 0 Å². The van der Waals surface area contributed by atoms with E-state index >= 15 is 0 Å². The Hall–Kier alpha value is -3.75. The average Bonchev–Trinajstić information content (AvgIpc) is 3.50. The maximum Gasteiger partial charge on any atom is 0.573 e. The maximum atomic E-state index is 13.2. The van der Waals surface area contributed by atoms with Gasteiger partial charge in [-0.15, -0.1) is 13.2 Å². The van der Waals surface area contributed by atoms with Crippen molar-refractivity contribution in [3.8, 4) is 5.75 Å². The van der Waals surface area contributed by atoms with Gasteiger partial charge in [0.2, 0.25) is 10.0 Å². The molecule has 0 saturated carbocycles. The van der Waals surface area contributed by atoms with E-state index in [2.05, 4.69) is 15.0 Å². The van der Waals surface area contributed by atoms with E-state index in [4.69, 9.17) is 0 Å². The molecule has 10 nitrogen and oxygen atoms in total. The third-order valence-electron chi connectivity index (χ3n) is 7.93. The summed E-state index contributed by atoms with van der Waals surface area (Å²) >= 11 is 0. The van der Waals surface area contributed by atoms with Crippen molar-refractivity contribution in [2.75, 3.05) is 26.2 Å². The normalized spacial score (nSPS) is 21.0. The number of halogens is 3. The van der Waals surface area contributed by atoms with Crippen LogP contribution in [0.15, 0.2) is 46.8 Å². The number of hydrogen-bond donors (Lipinski definition) is 2. The fourth-order valence-electron chi connectivity index (χ4n) is 5.65. The number of amidine groups is 1. The van der Waals surface area contributed by atoms with Gasteiger partial charge >= 0.3 is 6.36 Å². The van der Waals surface area contributed by atoms with E-state index < -0.39 is 39.7 Å². The number of sulfonamides is 1. The van der Waals surface area contributed by atoms with Gasteiger partial charge in [-0.3, -0.25) is 14.6 Å². The van der Waals surface area contributed by atoms with Gasteiger partial charge in [0.05, 0.1) is 6.10 Å². The molecule has 0 bridgehead atoms. The van der Waals surface area contributed by atoms with E-state index in [1.807, 2.05) is 0 Å². The fourth-order valence-corrected chi connectivity index (χ4v) is 6.83. The van der Waals surface area contributed by atoms with Crippen LogP contribution in [0.1, 0.15) is 51.9 Å². The number of β-amino-alcohol motifs (C(OH)–C–C–N with tert-alkyl or cyclic N) is 1. The molecule has 0 unspecified atom stereocenters. The molecule has 0 radical (unpaired) electrons. The largest absolute Gasteiger partial charge is 0.573 e. The Morgan fingerprint density at radius 3 is 2.42 bits per heavy atom. The molecular weight excluding hydrogens is 589 g/mol. The summed E-state index contributed by atoms with van der Waals surface area (Å²) < 4.78 is 69.5. The molecule has 230 valence electrons. The second kappa shape index (κ2) is 11.4. The number of nitrogens with one attached hydrogen (secondary N) is 1. The minimum Gasteiger partial charge on any atom is -0.406 e. The van der Waals surface area contributed by atoms with Crippen LogP contribution in [-0.4, -0.2) is 84.6 Å². The molecule has 3 aliphatic rings. The summed E-state index contributed by atoms with van der Waals surface area (Å²) in [5.74, 6) is -0.977. The lowest BCUT2D eigenvalue weighted by atomic mass is 9.89. The third kappa shape index (κ3) is 6.60. The molecule has 43 heavy (non-hydrogen) atoms.